The second-order valence-corrected chi connectivity index (χ2v) is 6.42. The summed E-state index contributed by atoms with van der Waals surface area (Å²) in [6.45, 7) is 0.253. The van der Waals surface area contributed by atoms with Gasteiger partial charge in [-0.3, -0.25) is 4.79 Å². The zero-order chi connectivity index (χ0) is 19.7. The molecular formula is C17H16F3N7O. The molecule has 8 nitrogen and oxygen atoms in total. The Labute approximate surface area is 157 Å². The van der Waals surface area contributed by atoms with Crippen LogP contribution in [0.15, 0.2) is 36.8 Å². The Balaban J connectivity index is 1.67. The van der Waals surface area contributed by atoms with Crippen molar-refractivity contribution in [3.8, 4) is 0 Å². The largest absolute Gasteiger partial charge is 0.408 e. The standard InChI is InChI=1S/C17H16F3N7O/c18-17(19,20)12-4-1-2-8-26(12)14-6-9-27-15(24-14)11(10-22-27)16(28)23-13-5-3-7-21-25-13/h3,5-7,9-10,12H,1-2,4,8H2,(H,23,25,28). The van der Waals surface area contributed by atoms with Crippen LogP contribution in [0.2, 0.25) is 0 Å². The van der Waals surface area contributed by atoms with Crippen molar-refractivity contribution in [2.24, 2.45) is 0 Å². The molecule has 1 atom stereocenters. The number of hydrogen-bond donors (Lipinski definition) is 1. The summed E-state index contributed by atoms with van der Waals surface area (Å²) in [6.07, 6.45) is 1.12. The molecule has 0 aromatic carbocycles. The minimum Gasteiger partial charge on any atom is -0.344 e. The van der Waals surface area contributed by atoms with Gasteiger partial charge < -0.3 is 10.2 Å². The number of carbonyl (C=O) groups is 1. The molecule has 3 aromatic heterocycles. The number of amides is 1. The van der Waals surface area contributed by atoms with E-state index in [0.717, 1.165) is 0 Å². The van der Waals surface area contributed by atoms with Crippen LogP contribution in [0.1, 0.15) is 29.6 Å². The first-order valence-electron chi connectivity index (χ1n) is 8.70. The molecule has 11 heteroatoms. The van der Waals surface area contributed by atoms with Crippen LogP contribution in [0, 0.1) is 0 Å². The Bertz CT molecular complexity index is 989. The predicted octanol–water partition coefficient (Wildman–Crippen LogP) is 2.69. The van der Waals surface area contributed by atoms with Crippen molar-refractivity contribution < 1.29 is 18.0 Å². The summed E-state index contributed by atoms with van der Waals surface area (Å²) in [5.41, 5.74) is 0.304. The minimum absolute atomic E-state index is 0.0235. The van der Waals surface area contributed by atoms with Crippen molar-refractivity contribution in [2.45, 2.75) is 31.5 Å². The van der Waals surface area contributed by atoms with E-state index in [9.17, 15) is 18.0 Å². The first-order valence-corrected chi connectivity index (χ1v) is 8.70. The Morgan fingerprint density at radius 2 is 2.11 bits per heavy atom. The van der Waals surface area contributed by atoms with Crippen LogP contribution in [0.25, 0.3) is 5.65 Å². The van der Waals surface area contributed by atoms with Gasteiger partial charge in [0.25, 0.3) is 5.91 Å². The van der Waals surface area contributed by atoms with Crippen molar-refractivity contribution in [1.29, 1.82) is 0 Å². The van der Waals surface area contributed by atoms with Gasteiger partial charge in [0.1, 0.15) is 17.4 Å². The van der Waals surface area contributed by atoms with E-state index in [1.54, 1.807) is 12.1 Å². The number of nitrogens with zero attached hydrogens (tertiary/aromatic N) is 6. The Hall–Kier alpha value is -3.24. The summed E-state index contributed by atoms with van der Waals surface area (Å²) in [6, 6.07) is 3.07. The predicted molar refractivity (Wildman–Crippen MR) is 94.0 cm³/mol. The molecule has 0 spiro atoms. The Morgan fingerprint density at radius 3 is 2.86 bits per heavy atom. The Morgan fingerprint density at radius 1 is 1.25 bits per heavy atom. The topological polar surface area (TPSA) is 88.3 Å². The first kappa shape index (κ1) is 18.1. The van der Waals surface area contributed by atoms with Crippen LogP contribution in [-0.4, -0.2) is 49.5 Å². The summed E-state index contributed by atoms with van der Waals surface area (Å²) in [4.78, 5) is 18.1. The van der Waals surface area contributed by atoms with Gasteiger partial charge >= 0.3 is 6.18 Å². The summed E-state index contributed by atoms with van der Waals surface area (Å²) in [7, 11) is 0. The van der Waals surface area contributed by atoms with Gasteiger partial charge in [-0.1, -0.05) is 0 Å². The molecule has 1 amide bonds. The van der Waals surface area contributed by atoms with E-state index in [1.165, 1.54) is 34.1 Å². The third-order valence-corrected chi connectivity index (χ3v) is 4.59. The molecule has 4 heterocycles. The number of nitrogens with one attached hydrogen (secondary N) is 1. The summed E-state index contributed by atoms with van der Waals surface area (Å²) < 4.78 is 41.6. The van der Waals surface area contributed by atoms with E-state index in [-0.39, 0.29) is 35.8 Å². The molecule has 1 unspecified atom stereocenters. The maximum absolute atomic E-state index is 13.4. The molecule has 0 bridgehead atoms. The maximum Gasteiger partial charge on any atom is 0.408 e. The molecule has 0 radical (unpaired) electrons. The molecule has 1 aliphatic rings. The number of piperidine rings is 1. The fraction of sp³-hybridized carbons (Fsp3) is 0.353. The smallest absolute Gasteiger partial charge is 0.344 e. The number of alkyl halides is 3. The number of carbonyl (C=O) groups excluding carboxylic acids is 1. The highest BCUT2D eigenvalue weighted by molar-refractivity contribution is 6.07. The number of fused-ring (bicyclic) bond motifs is 1. The highest BCUT2D eigenvalue weighted by Gasteiger charge is 2.45. The van der Waals surface area contributed by atoms with Gasteiger partial charge in [0.2, 0.25) is 0 Å². The zero-order valence-electron chi connectivity index (χ0n) is 14.6. The van der Waals surface area contributed by atoms with Crippen LogP contribution in [0.3, 0.4) is 0 Å². The minimum atomic E-state index is -4.35. The number of hydrogen-bond acceptors (Lipinski definition) is 6. The van der Waals surface area contributed by atoms with E-state index in [2.05, 4.69) is 25.6 Å². The van der Waals surface area contributed by atoms with Gasteiger partial charge in [0.15, 0.2) is 11.5 Å². The first-order chi connectivity index (χ1) is 13.4. The average molecular weight is 391 g/mol. The quantitative estimate of drug-likeness (QED) is 0.739. The van der Waals surface area contributed by atoms with Crippen molar-refractivity contribution in [2.75, 3.05) is 16.8 Å². The van der Waals surface area contributed by atoms with E-state index in [1.807, 2.05) is 0 Å². The molecule has 1 fully saturated rings. The fourth-order valence-corrected chi connectivity index (χ4v) is 3.28. The number of halogens is 3. The molecule has 146 valence electrons. The fourth-order valence-electron chi connectivity index (χ4n) is 3.28. The van der Waals surface area contributed by atoms with Crippen LogP contribution < -0.4 is 10.2 Å². The zero-order valence-corrected chi connectivity index (χ0v) is 14.6. The van der Waals surface area contributed by atoms with Crippen molar-refractivity contribution in [3.05, 3.63) is 42.4 Å². The third kappa shape index (κ3) is 3.47. The van der Waals surface area contributed by atoms with Gasteiger partial charge in [0, 0.05) is 18.9 Å². The Kier molecular flexibility index (Phi) is 4.57. The average Bonchev–Trinajstić information content (AvgIpc) is 3.11. The van der Waals surface area contributed by atoms with E-state index in [4.69, 9.17) is 0 Å². The van der Waals surface area contributed by atoms with Crippen molar-refractivity contribution >= 4 is 23.2 Å². The van der Waals surface area contributed by atoms with Crippen LogP contribution in [0.5, 0.6) is 0 Å². The van der Waals surface area contributed by atoms with Gasteiger partial charge in [-0.15, -0.1) is 5.10 Å². The molecule has 1 saturated heterocycles. The molecule has 0 aliphatic carbocycles. The summed E-state index contributed by atoms with van der Waals surface area (Å²) >= 11 is 0. The second-order valence-electron chi connectivity index (χ2n) is 6.42. The number of aromatic nitrogens is 5. The molecule has 4 rings (SSSR count). The van der Waals surface area contributed by atoms with Gasteiger partial charge in [0.05, 0.1) is 6.20 Å². The molecule has 0 saturated carbocycles. The SMILES string of the molecule is O=C(Nc1cccnn1)c1cnn2ccc(N3CCCCC3C(F)(F)F)nc12. The highest BCUT2D eigenvalue weighted by atomic mass is 19.4. The van der Waals surface area contributed by atoms with E-state index >= 15 is 0 Å². The molecular weight excluding hydrogens is 375 g/mol. The second kappa shape index (κ2) is 7.06. The lowest BCUT2D eigenvalue weighted by Crippen LogP contribution is -2.49. The maximum atomic E-state index is 13.4. The van der Waals surface area contributed by atoms with Gasteiger partial charge in [-0.05, 0) is 37.5 Å². The van der Waals surface area contributed by atoms with Crippen LogP contribution >= 0.6 is 0 Å². The van der Waals surface area contributed by atoms with Crippen molar-refractivity contribution in [1.82, 2.24) is 24.8 Å². The van der Waals surface area contributed by atoms with E-state index < -0.39 is 18.1 Å². The summed E-state index contributed by atoms with van der Waals surface area (Å²) in [5, 5.41) is 14.1. The normalized spacial score (nSPS) is 17.7. The lowest BCUT2D eigenvalue weighted by Gasteiger charge is -2.37. The lowest BCUT2D eigenvalue weighted by molar-refractivity contribution is -0.152. The molecule has 1 aliphatic heterocycles. The number of anilines is 2. The van der Waals surface area contributed by atoms with E-state index in [0.29, 0.717) is 12.8 Å². The van der Waals surface area contributed by atoms with Crippen LogP contribution in [-0.2, 0) is 0 Å². The lowest BCUT2D eigenvalue weighted by atomic mass is 10.0. The summed E-state index contributed by atoms with van der Waals surface area (Å²) in [5.74, 6) is -0.106. The van der Waals surface area contributed by atoms with Crippen molar-refractivity contribution in [3.63, 3.8) is 0 Å². The third-order valence-electron chi connectivity index (χ3n) is 4.59. The molecule has 1 N–H and O–H groups in total. The van der Waals surface area contributed by atoms with Crippen LogP contribution in [0.4, 0.5) is 24.8 Å². The van der Waals surface area contributed by atoms with Gasteiger partial charge in [-0.2, -0.15) is 23.4 Å². The highest BCUT2D eigenvalue weighted by Crippen LogP contribution is 2.34. The molecule has 3 aromatic rings. The van der Waals surface area contributed by atoms with Gasteiger partial charge in [-0.25, -0.2) is 9.50 Å². The molecule has 28 heavy (non-hydrogen) atoms. The number of rotatable bonds is 3. The monoisotopic (exact) mass is 391 g/mol.